The third-order valence-electron chi connectivity index (χ3n) is 5.10. The first kappa shape index (κ1) is 22.6. The number of hydrogen-bond donors (Lipinski definition) is 1. The fourth-order valence-electron chi connectivity index (χ4n) is 3.54. The van der Waals surface area contributed by atoms with E-state index in [0.29, 0.717) is 5.69 Å². The number of ether oxygens (including phenoxy) is 1. The molecule has 0 aliphatic rings. The summed E-state index contributed by atoms with van der Waals surface area (Å²) in [4.78, 5) is 12.8. The maximum atomic E-state index is 12.8. The number of hydrogen-bond acceptors (Lipinski definition) is 4. The normalized spacial score (nSPS) is 12.4. The van der Waals surface area contributed by atoms with E-state index in [9.17, 15) is 13.2 Å². The summed E-state index contributed by atoms with van der Waals surface area (Å²) in [6, 6.07) is 18.4. The van der Waals surface area contributed by atoms with Crippen molar-refractivity contribution in [3.63, 3.8) is 0 Å². The molecule has 0 aliphatic carbocycles. The lowest BCUT2D eigenvalue weighted by Gasteiger charge is -2.29. The van der Waals surface area contributed by atoms with Crippen molar-refractivity contribution in [2.45, 2.75) is 26.8 Å². The van der Waals surface area contributed by atoms with Gasteiger partial charge in [-0.1, -0.05) is 48.5 Å². The van der Waals surface area contributed by atoms with E-state index in [4.69, 9.17) is 4.74 Å². The molecule has 0 heterocycles. The molecule has 3 aromatic carbocycles. The molecule has 0 spiro atoms. The fourth-order valence-corrected chi connectivity index (χ4v) is 4.77. The molecule has 0 aromatic heterocycles. The lowest BCUT2D eigenvalue weighted by Crippen LogP contribution is -2.48. The standard InChI is InChI=1S/C24H28N2O4S/c1-17-12-13-18(2)22(16-17)26(31(4,28)29)19(3)24(27)25-14-15-30-23-11-7-9-20-8-5-6-10-21(20)23/h5-13,16,19H,14-15H2,1-4H3,(H,25,27)/t19-/m1/s1. The molecule has 164 valence electrons. The SMILES string of the molecule is Cc1ccc(C)c(N([C@H](C)C(=O)NCCOc2cccc3ccccc23)S(C)(=O)=O)c1. The van der Waals surface area contributed by atoms with Crippen LogP contribution in [0.15, 0.2) is 60.7 Å². The van der Waals surface area contributed by atoms with Crippen molar-refractivity contribution in [1.29, 1.82) is 0 Å². The summed E-state index contributed by atoms with van der Waals surface area (Å²) >= 11 is 0. The molecule has 6 nitrogen and oxygen atoms in total. The number of amides is 1. The second kappa shape index (κ2) is 9.39. The number of rotatable bonds is 8. The molecule has 31 heavy (non-hydrogen) atoms. The largest absolute Gasteiger partial charge is 0.491 e. The Morgan fingerprint density at radius 2 is 1.77 bits per heavy atom. The van der Waals surface area contributed by atoms with Crippen LogP contribution in [0, 0.1) is 13.8 Å². The zero-order valence-corrected chi connectivity index (χ0v) is 19.1. The van der Waals surface area contributed by atoms with Crippen LogP contribution >= 0.6 is 0 Å². The second-order valence-electron chi connectivity index (χ2n) is 7.64. The van der Waals surface area contributed by atoms with E-state index in [-0.39, 0.29) is 19.1 Å². The fraction of sp³-hybridized carbons (Fsp3) is 0.292. The van der Waals surface area contributed by atoms with Crippen molar-refractivity contribution >= 4 is 32.4 Å². The van der Waals surface area contributed by atoms with E-state index in [1.165, 1.54) is 4.31 Å². The molecule has 0 unspecified atom stereocenters. The molecule has 3 aromatic rings. The molecule has 1 amide bonds. The zero-order valence-electron chi connectivity index (χ0n) is 18.3. The van der Waals surface area contributed by atoms with Gasteiger partial charge in [-0.2, -0.15) is 0 Å². The van der Waals surface area contributed by atoms with E-state index >= 15 is 0 Å². The number of anilines is 1. The van der Waals surface area contributed by atoms with Gasteiger partial charge < -0.3 is 10.1 Å². The topological polar surface area (TPSA) is 75.7 Å². The van der Waals surface area contributed by atoms with Gasteiger partial charge in [-0.25, -0.2) is 8.42 Å². The highest BCUT2D eigenvalue weighted by molar-refractivity contribution is 7.92. The number of carbonyl (C=O) groups is 1. The summed E-state index contributed by atoms with van der Waals surface area (Å²) in [5.74, 6) is 0.362. The number of benzene rings is 3. The number of nitrogens with one attached hydrogen (secondary N) is 1. The summed E-state index contributed by atoms with van der Waals surface area (Å²) in [5.41, 5.74) is 2.22. The Labute approximate surface area is 183 Å². The first-order valence-corrected chi connectivity index (χ1v) is 12.0. The van der Waals surface area contributed by atoms with Crippen molar-refractivity contribution in [1.82, 2.24) is 5.32 Å². The maximum Gasteiger partial charge on any atom is 0.243 e. The van der Waals surface area contributed by atoms with Gasteiger partial charge in [0.2, 0.25) is 15.9 Å². The quantitative estimate of drug-likeness (QED) is 0.541. The Morgan fingerprint density at radius 1 is 1.06 bits per heavy atom. The van der Waals surface area contributed by atoms with Gasteiger partial charge in [-0.3, -0.25) is 9.10 Å². The Morgan fingerprint density at radius 3 is 2.52 bits per heavy atom. The average Bonchev–Trinajstić information content (AvgIpc) is 2.72. The number of nitrogens with zero attached hydrogens (tertiary/aromatic N) is 1. The Balaban J connectivity index is 1.66. The first-order valence-electron chi connectivity index (χ1n) is 10.1. The van der Waals surface area contributed by atoms with E-state index in [1.54, 1.807) is 13.0 Å². The molecule has 0 bridgehead atoms. The highest BCUT2D eigenvalue weighted by Gasteiger charge is 2.30. The molecule has 1 N–H and O–H groups in total. The molecule has 0 fully saturated rings. The number of fused-ring (bicyclic) bond motifs is 1. The minimum atomic E-state index is -3.66. The van der Waals surface area contributed by atoms with E-state index in [1.807, 2.05) is 68.4 Å². The number of aryl methyl sites for hydroxylation is 2. The van der Waals surface area contributed by atoms with E-state index in [2.05, 4.69) is 5.32 Å². The van der Waals surface area contributed by atoms with Crippen LogP contribution in [0.3, 0.4) is 0 Å². The summed E-state index contributed by atoms with van der Waals surface area (Å²) in [6.07, 6.45) is 1.11. The average molecular weight is 441 g/mol. The van der Waals surface area contributed by atoms with Crippen molar-refractivity contribution in [2.24, 2.45) is 0 Å². The van der Waals surface area contributed by atoms with Crippen LogP contribution in [0.4, 0.5) is 5.69 Å². The minimum absolute atomic E-state index is 0.261. The van der Waals surface area contributed by atoms with Gasteiger partial charge in [-0.15, -0.1) is 0 Å². The Kier molecular flexibility index (Phi) is 6.85. The molecule has 1 atom stereocenters. The third kappa shape index (κ3) is 5.35. The Bertz CT molecular complexity index is 1190. The van der Waals surface area contributed by atoms with Gasteiger partial charge in [-0.05, 0) is 49.4 Å². The van der Waals surface area contributed by atoms with Crippen LogP contribution in [0.25, 0.3) is 10.8 Å². The smallest absolute Gasteiger partial charge is 0.243 e. The van der Waals surface area contributed by atoms with Crippen molar-refractivity contribution in [2.75, 3.05) is 23.7 Å². The van der Waals surface area contributed by atoms with E-state index < -0.39 is 16.1 Å². The summed E-state index contributed by atoms with van der Waals surface area (Å²) in [5, 5.41) is 4.87. The molecule has 0 radical (unpaired) electrons. The van der Waals surface area contributed by atoms with Crippen LogP contribution in [0.2, 0.25) is 0 Å². The van der Waals surface area contributed by atoms with Crippen LogP contribution in [-0.2, 0) is 14.8 Å². The second-order valence-corrected chi connectivity index (χ2v) is 9.50. The predicted octanol–water partition coefficient (Wildman–Crippen LogP) is 3.81. The zero-order chi connectivity index (χ0) is 22.6. The van der Waals surface area contributed by atoms with Crippen molar-refractivity contribution in [3.8, 4) is 5.75 Å². The Hall–Kier alpha value is -3.06. The summed E-state index contributed by atoms with van der Waals surface area (Å²) < 4.78 is 32.0. The van der Waals surface area contributed by atoms with Crippen molar-refractivity contribution < 1.29 is 17.9 Å². The maximum absolute atomic E-state index is 12.8. The highest BCUT2D eigenvalue weighted by atomic mass is 32.2. The van der Waals surface area contributed by atoms with Gasteiger partial charge in [0.25, 0.3) is 0 Å². The summed E-state index contributed by atoms with van der Waals surface area (Å²) in [6.45, 7) is 5.84. The lowest BCUT2D eigenvalue weighted by atomic mass is 10.1. The van der Waals surface area contributed by atoms with Crippen LogP contribution in [0.5, 0.6) is 5.75 Å². The van der Waals surface area contributed by atoms with Crippen LogP contribution in [0.1, 0.15) is 18.1 Å². The highest BCUT2D eigenvalue weighted by Crippen LogP contribution is 2.27. The van der Waals surface area contributed by atoms with Gasteiger partial charge in [0.15, 0.2) is 0 Å². The van der Waals surface area contributed by atoms with Gasteiger partial charge in [0, 0.05) is 5.39 Å². The molecule has 0 aliphatic heterocycles. The molecule has 0 saturated carbocycles. The van der Waals surface area contributed by atoms with Crippen LogP contribution in [-0.4, -0.2) is 39.8 Å². The molecule has 7 heteroatoms. The summed E-state index contributed by atoms with van der Waals surface area (Å²) in [7, 11) is -3.66. The molecular weight excluding hydrogens is 412 g/mol. The van der Waals surface area contributed by atoms with Gasteiger partial charge in [0.1, 0.15) is 18.4 Å². The lowest BCUT2D eigenvalue weighted by molar-refractivity contribution is -0.121. The number of carbonyl (C=O) groups excluding carboxylic acids is 1. The minimum Gasteiger partial charge on any atom is -0.491 e. The molecular formula is C24H28N2O4S. The third-order valence-corrected chi connectivity index (χ3v) is 6.33. The predicted molar refractivity (Wildman–Crippen MR) is 125 cm³/mol. The van der Waals surface area contributed by atoms with Gasteiger partial charge in [0.05, 0.1) is 18.5 Å². The van der Waals surface area contributed by atoms with E-state index in [0.717, 1.165) is 33.9 Å². The van der Waals surface area contributed by atoms with Gasteiger partial charge >= 0.3 is 0 Å². The molecule has 3 rings (SSSR count). The molecule has 0 saturated heterocycles. The first-order chi connectivity index (χ1) is 14.7. The van der Waals surface area contributed by atoms with Crippen LogP contribution < -0.4 is 14.4 Å². The monoisotopic (exact) mass is 440 g/mol. The number of sulfonamides is 1. The van der Waals surface area contributed by atoms with Crippen molar-refractivity contribution in [3.05, 3.63) is 71.8 Å².